The highest BCUT2D eigenvalue weighted by molar-refractivity contribution is 6.07. The minimum atomic E-state index is -1.26. The molecule has 4 aromatic rings. The third-order valence-electron chi connectivity index (χ3n) is 5.11. The summed E-state index contributed by atoms with van der Waals surface area (Å²) in [6, 6.07) is 15.8. The average molecular weight is 416 g/mol. The zero-order chi connectivity index (χ0) is 21.4. The highest BCUT2D eigenvalue weighted by Crippen LogP contribution is 2.31. The average Bonchev–Trinajstić information content (AvgIpc) is 3.53. The van der Waals surface area contributed by atoms with Crippen molar-refractivity contribution < 1.29 is 14.1 Å². The van der Waals surface area contributed by atoms with E-state index < -0.39 is 17.5 Å². The van der Waals surface area contributed by atoms with Crippen LogP contribution >= 0.6 is 0 Å². The van der Waals surface area contributed by atoms with Gasteiger partial charge in [0.2, 0.25) is 11.7 Å². The number of urea groups is 1. The van der Waals surface area contributed by atoms with Crippen LogP contribution in [0.4, 0.5) is 4.79 Å². The molecular formula is C20H16N8O3. The van der Waals surface area contributed by atoms with E-state index in [0.29, 0.717) is 17.1 Å². The Hall–Kier alpha value is -4.41. The Balaban J connectivity index is 1.40. The van der Waals surface area contributed by atoms with Crippen LogP contribution in [0.15, 0.2) is 65.4 Å². The van der Waals surface area contributed by atoms with Crippen LogP contribution < -0.4 is 5.32 Å². The molecule has 1 fully saturated rings. The Labute approximate surface area is 175 Å². The molecule has 5 rings (SSSR count). The Kier molecular flexibility index (Phi) is 4.28. The van der Waals surface area contributed by atoms with E-state index >= 15 is 0 Å². The Morgan fingerprint density at radius 1 is 1.10 bits per heavy atom. The summed E-state index contributed by atoms with van der Waals surface area (Å²) in [4.78, 5) is 31.2. The number of imide groups is 1. The monoisotopic (exact) mass is 416 g/mol. The molecule has 3 heterocycles. The maximum Gasteiger partial charge on any atom is 0.325 e. The summed E-state index contributed by atoms with van der Waals surface area (Å²) in [5, 5.41) is 17.8. The molecule has 2 aromatic heterocycles. The van der Waals surface area contributed by atoms with Crippen LogP contribution in [0.25, 0.3) is 17.1 Å². The van der Waals surface area contributed by atoms with E-state index in [1.54, 1.807) is 31.2 Å². The van der Waals surface area contributed by atoms with Gasteiger partial charge in [0.05, 0.1) is 5.69 Å². The number of carbonyl (C=O) groups excluding carboxylic acids is 2. The molecule has 1 saturated heterocycles. The second-order valence-corrected chi connectivity index (χ2v) is 7.13. The molecule has 0 unspecified atom stereocenters. The van der Waals surface area contributed by atoms with Crippen LogP contribution in [0.1, 0.15) is 18.4 Å². The van der Waals surface area contributed by atoms with Gasteiger partial charge in [0.1, 0.15) is 18.4 Å². The van der Waals surface area contributed by atoms with Crippen LogP contribution in [0.2, 0.25) is 0 Å². The second-order valence-electron chi connectivity index (χ2n) is 7.13. The van der Waals surface area contributed by atoms with Crippen molar-refractivity contribution in [2.45, 2.75) is 19.0 Å². The van der Waals surface area contributed by atoms with Gasteiger partial charge in [0.15, 0.2) is 0 Å². The smallest absolute Gasteiger partial charge is 0.325 e. The zero-order valence-corrected chi connectivity index (χ0v) is 16.3. The van der Waals surface area contributed by atoms with Crippen LogP contribution in [-0.2, 0) is 16.9 Å². The van der Waals surface area contributed by atoms with Gasteiger partial charge in [-0.25, -0.2) is 9.48 Å². The first-order valence-corrected chi connectivity index (χ1v) is 9.40. The largest absolute Gasteiger partial charge is 0.337 e. The van der Waals surface area contributed by atoms with Gasteiger partial charge in [-0.3, -0.25) is 9.69 Å². The molecular weight excluding hydrogens is 400 g/mol. The van der Waals surface area contributed by atoms with Crippen molar-refractivity contribution in [2.24, 2.45) is 0 Å². The summed E-state index contributed by atoms with van der Waals surface area (Å²) in [6.07, 6.45) is 1.45. The molecule has 0 bridgehead atoms. The van der Waals surface area contributed by atoms with Crippen molar-refractivity contribution in [1.82, 2.24) is 40.6 Å². The first-order chi connectivity index (χ1) is 15.0. The van der Waals surface area contributed by atoms with Gasteiger partial charge in [-0.2, -0.15) is 4.98 Å². The maximum absolute atomic E-state index is 13.2. The summed E-state index contributed by atoms with van der Waals surface area (Å²) in [5.74, 6) is 0.124. The predicted octanol–water partition coefficient (Wildman–Crippen LogP) is 1.68. The molecule has 1 N–H and O–H groups in total. The molecule has 2 aromatic carbocycles. The molecule has 0 radical (unpaired) electrons. The number of amides is 3. The normalized spacial score (nSPS) is 18.4. The lowest BCUT2D eigenvalue weighted by Gasteiger charge is -2.22. The van der Waals surface area contributed by atoms with Gasteiger partial charge in [0.25, 0.3) is 5.91 Å². The van der Waals surface area contributed by atoms with Crippen LogP contribution in [-0.4, -0.2) is 47.2 Å². The lowest BCUT2D eigenvalue weighted by Crippen LogP contribution is -2.40. The molecule has 0 aliphatic carbocycles. The van der Waals surface area contributed by atoms with Gasteiger partial charge in [-0.05, 0) is 35.0 Å². The Bertz CT molecular complexity index is 1250. The van der Waals surface area contributed by atoms with E-state index in [-0.39, 0.29) is 12.4 Å². The van der Waals surface area contributed by atoms with Crippen LogP contribution in [0, 0.1) is 0 Å². The fraction of sp³-hybridized carbons (Fsp3) is 0.150. The number of nitrogens with one attached hydrogen (secondary N) is 1. The van der Waals surface area contributed by atoms with Gasteiger partial charge >= 0.3 is 6.03 Å². The molecule has 1 aliphatic heterocycles. The zero-order valence-electron chi connectivity index (χ0n) is 16.3. The summed E-state index contributed by atoms with van der Waals surface area (Å²) >= 11 is 0. The van der Waals surface area contributed by atoms with Crippen molar-refractivity contribution in [1.29, 1.82) is 0 Å². The topological polar surface area (TPSA) is 132 Å². The molecule has 0 spiro atoms. The second kappa shape index (κ2) is 7.13. The number of carbonyl (C=O) groups is 2. The van der Waals surface area contributed by atoms with E-state index in [0.717, 1.165) is 10.5 Å². The number of rotatable bonds is 5. The van der Waals surface area contributed by atoms with Crippen molar-refractivity contribution >= 4 is 11.9 Å². The quantitative estimate of drug-likeness (QED) is 0.486. The predicted molar refractivity (Wildman–Crippen MR) is 105 cm³/mol. The van der Waals surface area contributed by atoms with Crippen molar-refractivity contribution in [3.05, 3.63) is 72.4 Å². The van der Waals surface area contributed by atoms with E-state index in [1.807, 2.05) is 30.3 Å². The number of hydrogen-bond acceptors (Lipinski definition) is 8. The summed E-state index contributed by atoms with van der Waals surface area (Å²) < 4.78 is 6.73. The van der Waals surface area contributed by atoms with E-state index in [4.69, 9.17) is 4.52 Å². The van der Waals surface area contributed by atoms with Crippen LogP contribution in [0.3, 0.4) is 0 Å². The van der Waals surface area contributed by atoms with Gasteiger partial charge in [-0.15, -0.1) is 5.10 Å². The summed E-state index contributed by atoms with van der Waals surface area (Å²) in [5.41, 5.74) is 0.771. The first kappa shape index (κ1) is 18.6. The standard InChI is InChI=1S/C20H16N8O3/c1-20(14-8-5-9-15(10-14)28-12-21-25-26-28)18(29)27(19(30)23-20)11-16-22-17(24-31-16)13-6-3-2-4-7-13/h2-10,12H,11H2,1H3,(H,23,30)/t20-/m1/s1. The lowest BCUT2D eigenvalue weighted by atomic mass is 9.91. The lowest BCUT2D eigenvalue weighted by molar-refractivity contribution is -0.131. The first-order valence-electron chi connectivity index (χ1n) is 9.40. The summed E-state index contributed by atoms with van der Waals surface area (Å²) in [7, 11) is 0. The summed E-state index contributed by atoms with van der Waals surface area (Å²) in [6.45, 7) is 1.52. The minimum Gasteiger partial charge on any atom is -0.337 e. The maximum atomic E-state index is 13.2. The number of tetrazole rings is 1. The van der Waals surface area contributed by atoms with Crippen molar-refractivity contribution in [3.63, 3.8) is 0 Å². The Morgan fingerprint density at radius 3 is 2.71 bits per heavy atom. The number of benzene rings is 2. The molecule has 154 valence electrons. The van der Waals surface area contributed by atoms with E-state index in [1.165, 1.54) is 11.0 Å². The van der Waals surface area contributed by atoms with Crippen molar-refractivity contribution in [2.75, 3.05) is 0 Å². The molecule has 31 heavy (non-hydrogen) atoms. The van der Waals surface area contributed by atoms with Crippen LogP contribution in [0.5, 0.6) is 0 Å². The molecule has 0 saturated carbocycles. The number of nitrogens with zero attached hydrogens (tertiary/aromatic N) is 7. The molecule has 1 atom stereocenters. The number of hydrogen-bond donors (Lipinski definition) is 1. The fourth-order valence-corrected chi connectivity index (χ4v) is 3.43. The molecule has 1 aliphatic rings. The minimum absolute atomic E-state index is 0.132. The van der Waals surface area contributed by atoms with Crippen molar-refractivity contribution in [3.8, 4) is 17.1 Å². The third-order valence-corrected chi connectivity index (χ3v) is 5.11. The molecule has 11 heteroatoms. The number of aromatic nitrogens is 6. The highest BCUT2D eigenvalue weighted by atomic mass is 16.5. The van der Waals surface area contributed by atoms with E-state index in [9.17, 15) is 9.59 Å². The van der Waals surface area contributed by atoms with Gasteiger partial charge < -0.3 is 9.84 Å². The SMILES string of the molecule is C[C@]1(c2cccc(-n3cnnn3)c2)NC(=O)N(Cc2nc(-c3ccccc3)no2)C1=O. The third kappa shape index (κ3) is 3.21. The Morgan fingerprint density at radius 2 is 1.94 bits per heavy atom. The molecule has 3 amide bonds. The van der Waals surface area contributed by atoms with E-state index in [2.05, 4.69) is 31.0 Å². The fourth-order valence-electron chi connectivity index (χ4n) is 3.43. The highest BCUT2D eigenvalue weighted by Gasteiger charge is 2.49. The molecule has 11 nitrogen and oxygen atoms in total. The van der Waals surface area contributed by atoms with Gasteiger partial charge in [-0.1, -0.05) is 47.6 Å². The van der Waals surface area contributed by atoms with Gasteiger partial charge in [0, 0.05) is 5.56 Å².